The molecule has 0 aliphatic rings. The van der Waals surface area contributed by atoms with Crippen molar-refractivity contribution in [2.75, 3.05) is 0 Å². The van der Waals surface area contributed by atoms with Gasteiger partial charge in [0.05, 0.1) is 17.1 Å². The van der Waals surface area contributed by atoms with Crippen LogP contribution in [-0.4, -0.2) is 20.9 Å². The first-order chi connectivity index (χ1) is 10.6. The SMILES string of the molecule is Cc1ccc(-c2c(C(=O)O)c(C)nn2-c2ccccc2)cc1. The molecule has 110 valence electrons. The molecule has 0 spiro atoms. The van der Waals surface area contributed by atoms with Crippen molar-refractivity contribution in [3.05, 3.63) is 71.4 Å². The van der Waals surface area contributed by atoms with Crippen LogP contribution in [0.4, 0.5) is 0 Å². The zero-order chi connectivity index (χ0) is 15.7. The Kier molecular flexibility index (Phi) is 3.51. The van der Waals surface area contributed by atoms with E-state index in [1.807, 2.05) is 61.5 Å². The van der Waals surface area contributed by atoms with E-state index in [-0.39, 0.29) is 5.56 Å². The van der Waals surface area contributed by atoms with Crippen LogP contribution in [0, 0.1) is 13.8 Å². The van der Waals surface area contributed by atoms with Crippen LogP contribution >= 0.6 is 0 Å². The van der Waals surface area contributed by atoms with Crippen LogP contribution in [0.1, 0.15) is 21.6 Å². The predicted octanol–water partition coefficient (Wildman–Crippen LogP) is 3.85. The van der Waals surface area contributed by atoms with Crippen LogP contribution in [-0.2, 0) is 0 Å². The largest absolute Gasteiger partial charge is 0.478 e. The summed E-state index contributed by atoms with van der Waals surface area (Å²) in [4.78, 5) is 11.7. The van der Waals surface area contributed by atoms with Gasteiger partial charge < -0.3 is 5.11 Å². The van der Waals surface area contributed by atoms with E-state index in [4.69, 9.17) is 0 Å². The molecular weight excluding hydrogens is 276 g/mol. The van der Waals surface area contributed by atoms with Crippen LogP contribution in [0.15, 0.2) is 54.6 Å². The molecule has 22 heavy (non-hydrogen) atoms. The van der Waals surface area contributed by atoms with Crippen LogP contribution in [0.25, 0.3) is 16.9 Å². The molecule has 0 radical (unpaired) electrons. The van der Waals surface area contributed by atoms with Crippen molar-refractivity contribution in [1.29, 1.82) is 0 Å². The summed E-state index contributed by atoms with van der Waals surface area (Å²) >= 11 is 0. The predicted molar refractivity (Wildman–Crippen MR) is 85.4 cm³/mol. The lowest BCUT2D eigenvalue weighted by molar-refractivity contribution is 0.0697. The molecule has 0 saturated heterocycles. The minimum atomic E-state index is -0.963. The molecule has 1 N–H and O–H groups in total. The third kappa shape index (κ3) is 2.39. The van der Waals surface area contributed by atoms with Gasteiger partial charge in [0.15, 0.2) is 0 Å². The lowest BCUT2D eigenvalue weighted by Gasteiger charge is -2.09. The minimum absolute atomic E-state index is 0.243. The Morgan fingerprint density at radius 3 is 2.23 bits per heavy atom. The summed E-state index contributed by atoms with van der Waals surface area (Å²) < 4.78 is 1.70. The first-order valence-electron chi connectivity index (χ1n) is 7.03. The lowest BCUT2D eigenvalue weighted by atomic mass is 10.0. The number of aromatic carboxylic acids is 1. The zero-order valence-electron chi connectivity index (χ0n) is 12.4. The van der Waals surface area contributed by atoms with Crippen molar-refractivity contribution in [2.45, 2.75) is 13.8 Å². The Balaban J connectivity index is 2.30. The normalized spacial score (nSPS) is 10.6. The van der Waals surface area contributed by atoms with Crippen LogP contribution < -0.4 is 0 Å². The second-order valence-electron chi connectivity index (χ2n) is 5.23. The van der Waals surface area contributed by atoms with Gasteiger partial charge in [0.2, 0.25) is 0 Å². The quantitative estimate of drug-likeness (QED) is 0.797. The monoisotopic (exact) mass is 292 g/mol. The van der Waals surface area contributed by atoms with E-state index in [1.54, 1.807) is 11.6 Å². The van der Waals surface area contributed by atoms with E-state index in [2.05, 4.69) is 5.10 Å². The summed E-state index contributed by atoms with van der Waals surface area (Å²) in [6.45, 7) is 3.72. The fourth-order valence-corrected chi connectivity index (χ4v) is 2.52. The van der Waals surface area contributed by atoms with Crippen LogP contribution in [0.3, 0.4) is 0 Å². The summed E-state index contributed by atoms with van der Waals surface area (Å²) in [5.74, 6) is -0.963. The lowest BCUT2D eigenvalue weighted by Crippen LogP contribution is -2.03. The molecule has 3 rings (SSSR count). The van der Waals surface area contributed by atoms with Gasteiger partial charge in [-0.05, 0) is 26.0 Å². The van der Waals surface area contributed by atoms with Gasteiger partial charge in [-0.15, -0.1) is 0 Å². The van der Waals surface area contributed by atoms with Gasteiger partial charge in [0, 0.05) is 5.56 Å². The molecule has 1 heterocycles. The summed E-state index contributed by atoms with van der Waals surface area (Å²) in [6.07, 6.45) is 0. The van der Waals surface area contributed by atoms with Crippen LogP contribution in [0.2, 0.25) is 0 Å². The smallest absolute Gasteiger partial charge is 0.339 e. The third-order valence-corrected chi connectivity index (χ3v) is 3.60. The molecule has 0 unspecified atom stereocenters. The highest BCUT2D eigenvalue weighted by Crippen LogP contribution is 2.29. The molecular formula is C18H16N2O2. The van der Waals surface area contributed by atoms with E-state index >= 15 is 0 Å². The molecule has 1 aromatic heterocycles. The number of rotatable bonds is 3. The van der Waals surface area contributed by atoms with Gasteiger partial charge in [-0.2, -0.15) is 5.10 Å². The van der Waals surface area contributed by atoms with Crippen molar-refractivity contribution in [3.63, 3.8) is 0 Å². The van der Waals surface area contributed by atoms with E-state index in [0.29, 0.717) is 11.4 Å². The van der Waals surface area contributed by atoms with Gasteiger partial charge in [0.1, 0.15) is 5.56 Å². The molecule has 0 atom stereocenters. The number of carboxylic acid groups (broad SMARTS) is 1. The third-order valence-electron chi connectivity index (χ3n) is 3.60. The Bertz CT molecular complexity index is 818. The zero-order valence-corrected chi connectivity index (χ0v) is 12.4. The first-order valence-corrected chi connectivity index (χ1v) is 7.03. The fraction of sp³-hybridized carbons (Fsp3) is 0.111. The molecule has 2 aromatic carbocycles. The molecule has 0 bridgehead atoms. The number of hydrogen-bond donors (Lipinski definition) is 1. The molecule has 0 saturated carbocycles. The maximum atomic E-state index is 11.7. The average Bonchev–Trinajstić information content (AvgIpc) is 2.86. The van der Waals surface area contributed by atoms with Gasteiger partial charge in [-0.3, -0.25) is 0 Å². The second-order valence-corrected chi connectivity index (χ2v) is 5.23. The van der Waals surface area contributed by atoms with Crippen molar-refractivity contribution in [1.82, 2.24) is 9.78 Å². The van der Waals surface area contributed by atoms with Crippen molar-refractivity contribution >= 4 is 5.97 Å². The van der Waals surface area contributed by atoms with Crippen molar-refractivity contribution in [3.8, 4) is 16.9 Å². The molecule has 4 nitrogen and oxygen atoms in total. The van der Waals surface area contributed by atoms with Crippen molar-refractivity contribution < 1.29 is 9.90 Å². The van der Waals surface area contributed by atoms with E-state index < -0.39 is 5.97 Å². The summed E-state index contributed by atoms with van der Waals surface area (Å²) in [7, 11) is 0. The molecule has 0 aliphatic carbocycles. The number of aryl methyl sites for hydroxylation is 2. The Morgan fingerprint density at radius 1 is 1.00 bits per heavy atom. The van der Waals surface area contributed by atoms with Crippen LogP contribution in [0.5, 0.6) is 0 Å². The minimum Gasteiger partial charge on any atom is -0.478 e. The van der Waals surface area contributed by atoms with Gasteiger partial charge in [-0.25, -0.2) is 9.48 Å². The maximum absolute atomic E-state index is 11.7. The number of nitrogens with zero attached hydrogens (tertiary/aromatic N) is 2. The molecule has 0 amide bonds. The fourth-order valence-electron chi connectivity index (χ4n) is 2.52. The summed E-state index contributed by atoms with van der Waals surface area (Å²) in [5, 5.41) is 14.0. The highest BCUT2D eigenvalue weighted by atomic mass is 16.4. The summed E-state index contributed by atoms with van der Waals surface area (Å²) in [5.41, 5.74) is 4.17. The standard InChI is InChI=1S/C18H16N2O2/c1-12-8-10-14(11-9-12)17-16(18(21)22)13(2)19-20(17)15-6-4-3-5-7-15/h3-11H,1-2H3,(H,21,22). The highest BCUT2D eigenvalue weighted by molar-refractivity contribution is 5.96. The Labute approximate surface area is 128 Å². The number of benzene rings is 2. The van der Waals surface area contributed by atoms with Crippen molar-refractivity contribution in [2.24, 2.45) is 0 Å². The van der Waals surface area contributed by atoms with Gasteiger partial charge >= 0.3 is 5.97 Å². The number of para-hydroxylation sites is 1. The molecule has 3 aromatic rings. The van der Waals surface area contributed by atoms with E-state index in [9.17, 15) is 9.90 Å². The number of aromatic nitrogens is 2. The Hall–Kier alpha value is -2.88. The van der Waals surface area contributed by atoms with E-state index in [1.165, 1.54) is 0 Å². The number of hydrogen-bond acceptors (Lipinski definition) is 2. The second kappa shape index (κ2) is 5.48. The number of carbonyl (C=O) groups is 1. The summed E-state index contributed by atoms with van der Waals surface area (Å²) in [6, 6.07) is 17.4. The topological polar surface area (TPSA) is 55.1 Å². The molecule has 4 heteroatoms. The van der Waals surface area contributed by atoms with E-state index in [0.717, 1.165) is 16.8 Å². The maximum Gasteiger partial charge on any atom is 0.339 e. The Morgan fingerprint density at radius 2 is 1.64 bits per heavy atom. The van der Waals surface area contributed by atoms with Gasteiger partial charge in [0.25, 0.3) is 0 Å². The molecule has 0 fully saturated rings. The number of carboxylic acids is 1. The highest BCUT2D eigenvalue weighted by Gasteiger charge is 2.22. The average molecular weight is 292 g/mol. The first kappa shape index (κ1) is 14.1. The molecule has 0 aliphatic heterocycles. The van der Waals surface area contributed by atoms with Gasteiger partial charge in [-0.1, -0.05) is 48.0 Å².